The molecule has 8 nitrogen and oxygen atoms in total. The summed E-state index contributed by atoms with van der Waals surface area (Å²) in [5.74, 6) is -3.22. The second-order valence-electron chi connectivity index (χ2n) is 7.51. The molecule has 4 rings (SSSR count). The third kappa shape index (κ3) is 5.10. The predicted molar refractivity (Wildman–Crippen MR) is 114 cm³/mol. The number of hydrogen-bond acceptors (Lipinski definition) is 5. The first-order valence-electron chi connectivity index (χ1n) is 10.1. The van der Waals surface area contributed by atoms with Gasteiger partial charge in [-0.2, -0.15) is 0 Å². The van der Waals surface area contributed by atoms with E-state index >= 15 is 0 Å². The number of anilines is 1. The van der Waals surface area contributed by atoms with E-state index in [0.29, 0.717) is 5.75 Å². The van der Waals surface area contributed by atoms with Gasteiger partial charge in [0, 0.05) is 18.3 Å². The molecule has 3 N–H and O–H groups in total. The number of carbonyl (C=O) groups is 2. The van der Waals surface area contributed by atoms with Crippen molar-refractivity contribution in [1.29, 1.82) is 0 Å². The average molecular weight is 491 g/mol. The Balaban J connectivity index is 1.72. The van der Waals surface area contributed by atoms with E-state index in [1.54, 1.807) is 12.1 Å². The summed E-state index contributed by atoms with van der Waals surface area (Å²) in [6.07, 6.45) is -3.59. The van der Waals surface area contributed by atoms with Crippen LogP contribution in [0.25, 0.3) is 0 Å². The molecule has 1 aliphatic heterocycles. The summed E-state index contributed by atoms with van der Waals surface area (Å²) in [4.78, 5) is 28.5. The Bertz CT molecular complexity index is 1280. The molecule has 1 aliphatic rings. The van der Waals surface area contributed by atoms with Crippen molar-refractivity contribution in [3.8, 4) is 11.5 Å². The van der Waals surface area contributed by atoms with Crippen molar-refractivity contribution < 1.29 is 41.7 Å². The zero-order valence-electron chi connectivity index (χ0n) is 17.7. The standard InChI is InChI=1S/C23H17F4N3O5/c24-16-12-14(6-7-17(16)35-23(25,26)27)22(8-10-34-18-5-2-9-28-19(18)22)30-21(33)29-15-4-1-3-13(11-15)20(31)32/h1-7,9,11-12H,8,10H2,(H,31,32)(H2,29,30,33)/t22-/m0/s1. The maximum atomic E-state index is 14.6. The third-order valence-corrected chi connectivity index (χ3v) is 5.25. The maximum Gasteiger partial charge on any atom is 0.573 e. The quantitative estimate of drug-likeness (QED) is 0.448. The summed E-state index contributed by atoms with van der Waals surface area (Å²) < 4.78 is 61.7. The normalized spacial score (nSPS) is 17.0. The number of nitrogens with one attached hydrogen (secondary N) is 2. The fourth-order valence-corrected chi connectivity index (χ4v) is 3.79. The predicted octanol–water partition coefficient (Wildman–Crippen LogP) is 4.67. The van der Waals surface area contributed by atoms with Gasteiger partial charge in [0.15, 0.2) is 11.6 Å². The molecule has 182 valence electrons. The average Bonchev–Trinajstić information content (AvgIpc) is 2.80. The second-order valence-corrected chi connectivity index (χ2v) is 7.51. The first kappa shape index (κ1) is 23.8. The van der Waals surface area contributed by atoms with Gasteiger partial charge in [-0.25, -0.2) is 14.0 Å². The van der Waals surface area contributed by atoms with Crippen LogP contribution in [0.2, 0.25) is 0 Å². The van der Waals surface area contributed by atoms with Crippen molar-refractivity contribution in [1.82, 2.24) is 10.3 Å². The number of amides is 2. The SMILES string of the molecule is O=C(Nc1cccc(C(=O)O)c1)N[C@]1(c2ccc(OC(F)(F)F)c(F)c2)CCOc2cccnc21. The number of halogens is 4. The summed E-state index contributed by atoms with van der Waals surface area (Å²) in [5.41, 5.74) is -1.06. The van der Waals surface area contributed by atoms with Gasteiger partial charge in [-0.05, 0) is 48.0 Å². The minimum Gasteiger partial charge on any atom is -0.491 e. The van der Waals surface area contributed by atoms with E-state index in [2.05, 4.69) is 20.4 Å². The van der Waals surface area contributed by atoms with Crippen LogP contribution in [0.15, 0.2) is 60.8 Å². The molecular weight excluding hydrogens is 474 g/mol. The number of aromatic nitrogens is 1. The summed E-state index contributed by atoms with van der Waals surface area (Å²) in [6.45, 7) is 0.0793. The van der Waals surface area contributed by atoms with E-state index in [4.69, 9.17) is 9.84 Å². The summed E-state index contributed by atoms with van der Waals surface area (Å²) in [6, 6.07) is 10.7. The number of ether oxygens (including phenoxy) is 2. The van der Waals surface area contributed by atoms with Crippen molar-refractivity contribution in [2.24, 2.45) is 0 Å². The molecular formula is C23H17F4N3O5. The number of alkyl halides is 3. The van der Waals surface area contributed by atoms with Gasteiger partial charge in [0.25, 0.3) is 0 Å². The van der Waals surface area contributed by atoms with E-state index in [0.717, 1.165) is 12.1 Å². The summed E-state index contributed by atoms with van der Waals surface area (Å²) in [7, 11) is 0. The number of fused-ring (bicyclic) bond motifs is 1. The highest BCUT2D eigenvalue weighted by atomic mass is 19.4. The molecule has 3 aromatic rings. The lowest BCUT2D eigenvalue weighted by molar-refractivity contribution is -0.275. The van der Waals surface area contributed by atoms with Crippen molar-refractivity contribution in [2.75, 3.05) is 11.9 Å². The molecule has 0 radical (unpaired) electrons. The number of benzene rings is 2. The number of carboxylic acids is 1. The Morgan fingerprint density at radius 1 is 1.11 bits per heavy atom. The number of aromatic carboxylic acids is 1. The minimum atomic E-state index is -5.09. The van der Waals surface area contributed by atoms with Gasteiger partial charge in [-0.15, -0.1) is 13.2 Å². The van der Waals surface area contributed by atoms with Gasteiger partial charge < -0.3 is 25.2 Å². The summed E-state index contributed by atoms with van der Waals surface area (Å²) in [5, 5.41) is 14.4. The second kappa shape index (κ2) is 9.12. The molecule has 35 heavy (non-hydrogen) atoms. The van der Waals surface area contributed by atoms with Gasteiger partial charge >= 0.3 is 18.4 Å². The zero-order chi connectivity index (χ0) is 25.2. The molecule has 0 aliphatic carbocycles. The van der Waals surface area contributed by atoms with Crippen molar-refractivity contribution in [2.45, 2.75) is 18.3 Å². The summed E-state index contributed by atoms with van der Waals surface area (Å²) >= 11 is 0. The molecule has 1 aromatic heterocycles. The molecule has 0 spiro atoms. The molecule has 0 unspecified atom stereocenters. The Hall–Kier alpha value is -4.35. The fraction of sp³-hybridized carbons (Fsp3) is 0.174. The number of hydrogen-bond donors (Lipinski definition) is 3. The topological polar surface area (TPSA) is 110 Å². The van der Waals surface area contributed by atoms with Crippen LogP contribution in [-0.2, 0) is 5.54 Å². The zero-order valence-corrected chi connectivity index (χ0v) is 17.7. The van der Waals surface area contributed by atoms with Crippen LogP contribution in [0.1, 0.15) is 28.0 Å². The maximum absolute atomic E-state index is 14.6. The van der Waals surface area contributed by atoms with Gasteiger partial charge in [0.2, 0.25) is 0 Å². The van der Waals surface area contributed by atoms with Crippen LogP contribution in [0, 0.1) is 5.82 Å². The largest absolute Gasteiger partial charge is 0.573 e. The van der Waals surface area contributed by atoms with E-state index in [1.807, 2.05) is 0 Å². The van der Waals surface area contributed by atoms with Crippen molar-refractivity contribution >= 4 is 17.7 Å². The number of nitrogens with zero attached hydrogens (tertiary/aromatic N) is 1. The van der Waals surface area contributed by atoms with Gasteiger partial charge in [0.1, 0.15) is 17.0 Å². The molecule has 2 amide bonds. The number of urea groups is 1. The third-order valence-electron chi connectivity index (χ3n) is 5.25. The molecule has 0 saturated carbocycles. The van der Waals surface area contributed by atoms with Crippen LogP contribution in [0.4, 0.5) is 28.0 Å². The van der Waals surface area contributed by atoms with Crippen LogP contribution in [0.5, 0.6) is 11.5 Å². The lowest BCUT2D eigenvalue weighted by Gasteiger charge is -2.39. The fourth-order valence-electron chi connectivity index (χ4n) is 3.79. The number of carbonyl (C=O) groups excluding carboxylic acids is 1. The lowest BCUT2D eigenvalue weighted by atomic mass is 9.81. The van der Waals surface area contributed by atoms with Gasteiger partial charge in [-0.1, -0.05) is 12.1 Å². The first-order chi connectivity index (χ1) is 16.6. The lowest BCUT2D eigenvalue weighted by Crippen LogP contribution is -2.51. The van der Waals surface area contributed by atoms with Crippen LogP contribution >= 0.6 is 0 Å². The number of pyridine rings is 1. The minimum absolute atomic E-state index is 0.0575. The van der Waals surface area contributed by atoms with E-state index < -0.39 is 35.5 Å². The number of rotatable bonds is 5. The smallest absolute Gasteiger partial charge is 0.491 e. The Morgan fingerprint density at radius 2 is 1.91 bits per heavy atom. The number of carboxylic acid groups (broad SMARTS) is 1. The van der Waals surface area contributed by atoms with Crippen molar-refractivity contribution in [3.05, 3.63) is 83.4 Å². The van der Waals surface area contributed by atoms with E-state index in [1.165, 1.54) is 36.5 Å². The van der Waals surface area contributed by atoms with E-state index in [-0.39, 0.29) is 35.5 Å². The molecule has 0 bridgehead atoms. The highest BCUT2D eigenvalue weighted by Crippen LogP contribution is 2.41. The van der Waals surface area contributed by atoms with Crippen LogP contribution < -0.4 is 20.1 Å². The van der Waals surface area contributed by atoms with Gasteiger partial charge in [0.05, 0.1) is 12.2 Å². The monoisotopic (exact) mass is 491 g/mol. The van der Waals surface area contributed by atoms with Crippen LogP contribution in [0.3, 0.4) is 0 Å². The van der Waals surface area contributed by atoms with Crippen molar-refractivity contribution in [3.63, 3.8) is 0 Å². The Labute approximate surface area is 195 Å². The Kier molecular flexibility index (Phi) is 6.20. The highest BCUT2D eigenvalue weighted by molar-refractivity contribution is 5.93. The first-order valence-corrected chi connectivity index (χ1v) is 10.1. The van der Waals surface area contributed by atoms with Gasteiger partial charge in [-0.3, -0.25) is 4.98 Å². The van der Waals surface area contributed by atoms with Crippen LogP contribution in [-0.4, -0.2) is 35.1 Å². The molecule has 1 atom stereocenters. The molecule has 2 heterocycles. The molecule has 12 heteroatoms. The van der Waals surface area contributed by atoms with E-state index in [9.17, 15) is 27.2 Å². The molecule has 0 saturated heterocycles. The molecule has 0 fully saturated rings. The highest BCUT2D eigenvalue weighted by Gasteiger charge is 2.43. The molecule has 2 aromatic carbocycles. The Morgan fingerprint density at radius 3 is 2.63 bits per heavy atom.